The van der Waals surface area contributed by atoms with E-state index in [1.807, 2.05) is 18.4 Å². The van der Waals surface area contributed by atoms with E-state index < -0.39 is 27.4 Å². The molecule has 0 radical (unpaired) electrons. The number of hydrogen-bond donors (Lipinski definition) is 1. The number of nitrogens with one attached hydrogen (secondary N) is 1. The number of hydrogen-bond acceptors (Lipinski definition) is 6. The normalized spacial score (nSPS) is 11.4. The van der Waals surface area contributed by atoms with Gasteiger partial charge in [-0.25, -0.2) is 8.42 Å². The van der Waals surface area contributed by atoms with Crippen LogP contribution in [-0.4, -0.2) is 43.4 Å². The average Bonchev–Trinajstić information content (AvgIpc) is 2.61. The van der Waals surface area contributed by atoms with Crippen molar-refractivity contribution < 1.29 is 18.1 Å². The fraction of sp³-hybridized carbons (Fsp3) is 0.235. The fourth-order valence-electron chi connectivity index (χ4n) is 2.35. The summed E-state index contributed by atoms with van der Waals surface area (Å²) in [7, 11) is -2.80. The molecular weight excluding hydrogens is 390 g/mol. The number of amides is 1. The molecule has 0 saturated heterocycles. The number of carbonyl (C=O) groups is 1. The van der Waals surface area contributed by atoms with Gasteiger partial charge in [-0.05, 0) is 31.4 Å². The molecule has 0 unspecified atom stereocenters. The molecule has 0 bridgehead atoms. The van der Waals surface area contributed by atoms with Gasteiger partial charge in [0, 0.05) is 23.6 Å². The maximum absolute atomic E-state index is 12.6. The van der Waals surface area contributed by atoms with Gasteiger partial charge in [0.05, 0.1) is 22.1 Å². The third-order valence-corrected chi connectivity index (χ3v) is 6.43. The van der Waals surface area contributed by atoms with E-state index >= 15 is 0 Å². The lowest BCUT2D eigenvalue weighted by Gasteiger charge is -2.17. The molecular formula is C17H19N3O5S2. The Morgan fingerprint density at radius 2 is 1.93 bits per heavy atom. The van der Waals surface area contributed by atoms with Crippen LogP contribution < -0.4 is 5.32 Å². The van der Waals surface area contributed by atoms with Crippen LogP contribution in [0.4, 0.5) is 11.4 Å². The molecule has 1 amide bonds. The van der Waals surface area contributed by atoms with E-state index in [9.17, 15) is 23.3 Å². The van der Waals surface area contributed by atoms with Crippen LogP contribution in [0.15, 0.2) is 52.3 Å². The highest BCUT2D eigenvalue weighted by molar-refractivity contribution is 7.98. The number of likely N-dealkylation sites (N-methyl/N-ethyl adjacent to an activating group) is 1. The van der Waals surface area contributed by atoms with Gasteiger partial charge in [0.15, 0.2) is 0 Å². The first kappa shape index (κ1) is 20.9. The number of nitro groups is 1. The van der Waals surface area contributed by atoms with E-state index in [-0.39, 0.29) is 10.6 Å². The molecule has 0 fully saturated rings. The van der Waals surface area contributed by atoms with E-state index in [2.05, 4.69) is 5.32 Å². The van der Waals surface area contributed by atoms with Crippen LogP contribution in [-0.2, 0) is 14.8 Å². The quantitative estimate of drug-likeness (QED) is 0.428. The molecule has 2 aromatic carbocycles. The Morgan fingerprint density at radius 3 is 2.56 bits per heavy atom. The lowest BCUT2D eigenvalue weighted by Crippen LogP contribution is -2.35. The van der Waals surface area contributed by atoms with Gasteiger partial charge in [0.2, 0.25) is 15.9 Å². The molecule has 0 aliphatic carbocycles. The van der Waals surface area contributed by atoms with Gasteiger partial charge in [-0.15, -0.1) is 11.8 Å². The number of benzene rings is 2. The predicted molar refractivity (Wildman–Crippen MR) is 105 cm³/mol. The van der Waals surface area contributed by atoms with Crippen LogP contribution in [0.5, 0.6) is 0 Å². The summed E-state index contributed by atoms with van der Waals surface area (Å²) < 4.78 is 26.2. The zero-order chi connectivity index (χ0) is 20.2. The first-order valence-electron chi connectivity index (χ1n) is 7.81. The predicted octanol–water partition coefficient (Wildman–Crippen LogP) is 2.88. The average molecular weight is 409 g/mol. The summed E-state index contributed by atoms with van der Waals surface area (Å²) in [5, 5.41) is 13.7. The van der Waals surface area contributed by atoms with E-state index in [4.69, 9.17) is 0 Å². The first-order valence-corrected chi connectivity index (χ1v) is 10.5. The van der Waals surface area contributed by atoms with Crippen molar-refractivity contribution in [1.82, 2.24) is 4.31 Å². The Labute approximate surface area is 161 Å². The van der Waals surface area contributed by atoms with Gasteiger partial charge in [0.1, 0.15) is 0 Å². The molecule has 0 spiro atoms. The standard InChI is InChI=1S/C17H19N3O5S2/c1-12-8-9-13(10-15(12)20(22)23)27(24,25)19(2)11-17(21)18-14-6-4-5-7-16(14)26-3/h4-10H,11H2,1-3H3,(H,18,21). The summed E-state index contributed by atoms with van der Waals surface area (Å²) in [6.45, 7) is 1.10. The molecule has 1 N–H and O–H groups in total. The highest BCUT2D eigenvalue weighted by atomic mass is 32.2. The zero-order valence-corrected chi connectivity index (χ0v) is 16.6. The van der Waals surface area contributed by atoms with Gasteiger partial charge in [-0.1, -0.05) is 18.2 Å². The largest absolute Gasteiger partial charge is 0.324 e. The zero-order valence-electron chi connectivity index (χ0n) is 15.0. The van der Waals surface area contributed by atoms with Gasteiger partial charge in [-0.3, -0.25) is 14.9 Å². The molecule has 0 aliphatic heterocycles. The van der Waals surface area contributed by atoms with Crippen LogP contribution in [0.1, 0.15) is 5.56 Å². The maximum atomic E-state index is 12.6. The van der Waals surface area contributed by atoms with E-state index in [1.165, 1.54) is 37.9 Å². The van der Waals surface area contributed by atoms with Crippen molar-refractivity contribution in [2.75, 3.05) is 25.2 Å². The Hall–Kier alpha value is -2.43. The molecule has 10 heteroatoms. The summed E-state index contributed by atoms with van der Waals surface area (Å²) in [6.07, 6.45) is 1.87. The number of nitro benzene ring substituents is 1. The minimum Gasteiger partial charge on any atom is -0.324 e. The molecule has 2 rings (SSSR count). The summed E-state index contributed by atoms with van der Waals surface area (Å²) in [5.74, 6) is -0.510. The number of nitrogens with zero attached hydrogens (tertiary/aromatic N) is 2. The van der Waals surface area contributed by atoms with Crippen LogP contribution in [0.2, 0.25) is 0 Å². The van der Waals surface area contributed by atoms with Gasteiger partial charge in [-0.2, -0.15) is 4.31 Å². The molecule has 144 valence electrons. The SMILES string of the molecule is CSc1ccccc1NC(=O)CN(C)S(=O)(=O)c1ccc(C)c([N+](=O)[O-])c1. The molecule has 0 aromatic heterocycles. The second-order valence-corrected chi connectivity index (χ2v) is 8.61. The minimum atomic E-state index is -4.05. The van der Waals surface area contributed by atoms with Gasteiger partial charge >= 0.3 is 0 Å². The van der Waals surface area contributed by atoms with Gasteiger partial charge < -0.3 is 5.32 Å². The second kappa shape index (κ2) is 8.51. The van der Waals surface area contributed by atoms with Crippen molar-refractivity contribution in [1.29, 1.82) is 0 Å². The second-order valence-electron chi connectivity index (χ2n) is 5.71. The molecule has 2 aromatic rings. The van der Waals surface area contributed by atoms with Crippen molar-refractivity contribution in [2.24, 2.45) is 0 Å². The molecule has 0 aliphatic rings. The van der Waals surface area contributed by atoms with E-state index in [1.54, 1.807) is 12.1 Å². The summed E-state index contributed by atoms with van der Waals surface area (Å²) in [6, 6.07) is 10.8. The van der Waals surface area contributed by atoms with Crippen molar-refractivity contribution in [3.05, 3.63) is 58.1 Å². The van der Waals surface area contributed by atoms with Crippen LogP contribution in [0, 0.1) is 17.0 Å². The highest BCUT2D eigenvalue weighted by Gasteiger charge is 2.26. The number of anilines is 1. The smallest absolute Gasteiger partial charge is 0.273 e. The number of sulfonamides is 1. The number of carbonyl (C=O) groups excluding carboxylic acids is 1. The van der Waals surface area contributed by atoms with Crippen molar-refractivity contribution in [2.45, 2.75) is 16.7 Å². The third kappa shape index (κ3) is 4.85. The molecule has 27 heavy (non-hydrogen) atoms. The number of aryl methyl sites for hydroxylation is 1. The molecule has 0 atom stereocenters. The highest BCUT2D eigenvalue weighted by Crippen LogP contribution is 2.26. The molecule has 8 nitrogen and oxygen atoms in total. The lowest BCUT2D eigenvalue weighted by atomic mass is 10.2. The third-order valence-electron chi connectivity index (χ3n) is 3.83. The van der Waals surface area contributed by atoms with Crippen molar-refractivity contribution in [3.63, 3.8) is 0 Å². The molecule has 0 heterocycles. The summed E-state index contributed by atoms with van der Waals surface area (Å²) >= 11 is 1.45. The van der Waals surface area contributed by atoms with E-state index in [0.29, 0.717) is 11.3 Å². The van der Waals surface area contributed by atoms with Crippen molar-refractivity contribution >= 4 is 39.1 Å². The maximum Gasteiger partial charge on any atom is 0.273 e. The Morgan fingerprint density at radius 1 is 1.26 bits per heavy atom. The van der Waals surface area contributed by atoms with Crippen LogP contribution >= 0.6 is 11.8 Å². The monoisotopic (exact) mass is 409 g/mol. The molecule has 0 saturated carbocycles. The summed E-state index contributed by atoms with van der Waals surface area (Å²) in [4.78, 5) is 23.3. The Kier molecular flexibility index (Phi) is 6.58. The van der Waals surface area contributed by atoms with Crippen LogP contribution in [0.25, 0.3) is 0 Å². The fourth-order valence-corrected chi connectivity index (χ4v) is 4.05. The summed E-state index contributed by atoms with van der Waals surface area (Å²) in [5.41, 5.74) is 0.655. The number of thioether (sulfide) groups is 1. The van der Waals surface area contributed by atoms with E-state index in [0.717, 1.165) is 15.3 Å². The Bertz CT molecular complexity index is 976. The van der Waals surface area contributed by atoms with Crippen molar-refractivity contribution in [3.8, 4) is 0 Å². The number of rotatable bonds is 7. The lowest BCUT2D eigenvalue weighted by molar-refractivity contribution is -0.385. The number of para-hydroxylation sites is 1. The topological polar surface area (TPSA) is 110 Å². The first-order chi connectivity index (χ1) is 12.7. The van der Waals surface area contributed by atoms with Gasteiger partial charge in [0.25, 0.3) is 5.69 Å². The van der Waals surface area contributed by atoms with Crippen LogP contribution in [0.3, 0.4) is 0 Å². The minimum absolute atomic E-state index is 0.236. The Balaban J connectivity index is 2.19.